The zero-order valence-corrected chi connectivity index (χ0v) is 20.0. The molecule has 0 unspecified atom stereocenters. The summed E-state index contributed by atoms with van der Waals surface area (Å²) >= 11 is 5.80. The molecular formula is C25H26ClNO5S. The predicted octanol–water partition coefficient (Wildman–Crippen LogP) is 4.62. The summed E-state index contributed by atoms with van der Waals surface area (Å²) in [6.07, 6.45) is -0.994. The van der Waals surface area contributed by atoms with E-state index in [-0.39, 0.29) is 35.0 Å². The topological polar surface area (TPSA) is 83.9 Å². The molecule has 3 aromatic carbocycles. The van der Waals surface area contributed by atoms with Gasteiger partial charge in [-0.3, -0.25) is 4.79 Å². The van der Waals surface area contributed by atoms with Crippen molar-refractivity contribution in [1.29, 1.82) is 0 Å². The van der Waals surface area contributed by atoms with Gasteiger partial charge >= 0.3 is 10.1 Å². The highest BCUT2D eigenvalue weighted by atomic mass is 35.5. The van der Waals surface area contributed by atoms with E-state index in [1.54, 1.807) is 24.3 Å². The maximum absolute atomic E-state index is 12.5. The largest absolute Gasteiger partial charge is 0.387 e. The van der Waals surface area contributed by atoms with Crippen LogP contribution in [0.3, 0.4) is 0 Å². The lowest BCUT2D eigenvalue weighted by Gasteiger charge is -2.31. The number of hydrogen-bond donors (Lipinski definition) is 1. The van der Waals surface area contributed by atoms with E-state index in [4.69, 9.17) is 15.8 Å². The molecule has 0 saturated carbocycles. The second-order valence-electron chi connectivity index (χ2n) is 7.70. The van der Waals surface area contributed by atoms with Crippen LogP contribution in [0.2, 0.25) is 0 Å². The second-order valence-corrected chi connectivity index (χ2v) is 9.52. The summed E-state index contributed by atoms with van der Waals surface area (Å²) in [6.45, 7) is 3.77. The lowest BCUT2D eigenvalue weighted by atomic mass is 10.0. The maximum atomic E-state index is 12.5. The number of carbonyl (C=O) groups is 1. The van der Waals surface area contributed by atoms with Gasteiger partial charge in [0, 0.05) is 0 Å². The molecule has 33 heavy (non-hydrogen) atoms. The summed E-state index contributed by atoms with van der Waals surface area (Å²) in [6, 6.07) is 21.6. The van der Waals surface area contributed by atoms with Gasteiger partial charge in [-0.2, -0.15) is 8.42 Å². The van der Waals surface area contributed by atoms with Gasteiger partial charge in [0.2, 0.25) is 5.91 Å². The van der Waals surface area contributed by atoms with Gasteiger partial charge < -0.3 is 14.2 Å². The molecule has 0 aromatic heterocycles. The molecule has 0 bridgehead atoms. The van der Waals surface area contributed by atoms with Crippen molar-refractivity contribution in [2.45, 2.75) is 30.9 Å². The predicted molar refractivity (Wildman–Crippen MR) is 128 cm³/mol. The fourth-order valence-electron chi connectivity index (χ4n) is 3.38. The number of alkyl halides is 1. The molecule has 3 rings (SSSR count). The van der Waals surface area contributed by atoms with Gasteiger partial charge in [-0.15, -0.1) is 11.6 Å². The van der Waals surface area contributed by atoms with Crippen molar-refractivity contribution < 1.29 is 22.5 Å². The molecule has 0 fully saturated rings. The fraction of sp³-hybridized carbons (Fsp3) is 0.240. The van der Waals surface area contributed by atoms with Crippen molar-refractivity contribution in [1.82, 2.24) is 4.90 Å². The fourth-order valence-corrected chi connectivity index (χ4v) is 4.46. The molecular weight excluding hydrogens is 462 g/mol. The molecule has 174 valence electrons. The quantitative estimate of drug-likeness (QED) is 0.351. The van der Waals surface area contributed by atoms with Crippen molar-refractivity contribution in [2.75, 3.05) is 12.4 Å². The summed E-state index contributed by atoms with van der Waals surface area (Å²) < 4.78 is 30.1. The van der Waals surface area contributed by atoms with Gasteiger partial charge in [0.05, 0.1) is 18.7 Å². The van der Waals surface area contributed by atoms with E-state index in [9.17, 15) is 18.3 Å². The summed E-state index contributed by atoms with van der Waals surface area (Å²) in [4.78, 5) is 14.0. The van der Waals surface area contributed by atoms with Gasteiger partial charge in [-0.1, -0.05) is 60.2 Å². The molecule has 0 saturated heterocycles. The Balaban J connectivity index is 1.72. The number of hydrogen-bond acceptors (Lipinski definition) is 5. The molecule has 0 heterocycles. The molecule has 0 radical (unpaired) electrons. The number of nitrogens with zero attached hydrogens (tertiary/aromatic N) is 1. The van der Waals surface area contributed by atoms with Gasteiger partial charge in [-0.05, 0) is 49.2 Å². The minimum atomic E-state index is -3.97. The van der Waals surface area contributed by atoms with E-state index in [2.05, 4.69) is 0 Å². The Labute approximate surface area is 199 Å². The molecule has 6 nitrogen and oxygen atoms in total. The highest BCUT2D eigenvalue weighted by Gasteiger charge is 2.24. The Hall–Kier alpha value is -2.87. The molecule has 1 amide bonds. The molecule has 0 aliphatic heterocycles. The van der Waals surface area contributed by atoms with E-state index in [0.29, 0.717) is 5.56 Å². The molecule has 3 aromatic rings. The van der Waals surface area contributed by atoms with Crippen LogP contribution in [0.4, 0.5) is 0 Å². The van der Waals surface area contributed by atoms with Crippen LogP contribution in [-0.2, 0) is 14.9 Å². The van der Waals surface area contributed by atoms with Crippen LogP contribution >= 0.6 is 11.6 Å². The SMILES string of the molecule is Cc1ccc(S(=O)(=O)Oc2ccc([C@H](O)CN(C(=O)CCl)[C@@H](C)c3ccccc3)cc2)cc1. The number of carbonyl (C=O) groups excluding carboxylic acids is 1. The van der Waals surface area contributed by atoms with Gasteiger partial charge in [0.1, 0.15) is 16.5 Å². The Morgan fingerprint density at radius 2 is 1.58 bits per heavy atom. The third kappa shape index (κ3) is 6.35. The zero-order valence-electron chi connectivity index (χ0n) is 18.4. The van der Waals surface area contributed by atoms with E-state index >= 15 is 0 Å². The number of halogens is 1. The van der Waals surface area contributed by atoms with Crippen LogP contribution in [0.5, 0.6) is 5.75 Å². The Kier molecular flexibility index (Phi) is 8.13. The Morgan fingerprint density at radius 1 is 0.970 bits per heavy atom. The molecule has 8 heteroatoms. The Morgan fingerprint density at radius 3 is 2.15 bits per heavy atom. The first-order valence-electron chi connectivity index (χ1n) is 10.4. The first-order valence-corrected chi connectivity index (χ1v) is 12.3. The number of aliphatic hydroxyl groups excluding tert-OH is 1. The summed E-state index contributed by atoms with van der Waals surface area (Å²) in [7, 11) is -3.97. The van der Waals surface area contributed by atoms with E-state index in [1.165, 1.54) is 29.2 Å². The van der Waals surface area contributed by atoms with E-state index < -0.39 is 16.2 Å². The van der Waals surface area contributed by atoms with Crippen LogP contribution in [0.1, 0.15) is 35.8 Å². The normalized spacial score (nSPS) is 13.2. The zero-order chi connectivity index (χ0) is 24.0. The van der Waals surface area contributed by atoms with Crippen molar-refractivity contribution in [3.63, 3.8) is 0 Å². The number of rotatable bonds is 9. The average molecular weight is 488 g/mol. The minimum absolute atomic E-state index is 0.0312. The van der Waals surface area contributed by atoms with E-state index in [1.807, 2.05) is 44.2 Å². The monoisotopic (exact) mass is 487 g/mol. The first-order chi connectivity index (χ1) is 15.7. The van der Waals surface area contributed by atoms with Gasteiger partial charge in [0.15, 0.2) is 0 Å². The summed E-state index contributed by atoms with van der Waals surface area (Å²) in [5.74, 6) is -0.373. The van der Waals surface area contributed by atoms with Crippen molar-refractivity contribution in [3.05, 3.63) is 95.6 Å². The van der Waals surface area contributed by atoms with Crippen molar-refractivity contribution >= 4 is 27.6 Å². The van der Waals surface area contributed by atoms with Crippen LogP contribution in [0.25, 0.3) is 0 Å². The highest BCUT2D eigenvalue weighted by molar-refractivity contribution is 7.87. The third-order valence-electron chi connectivity index (χ3n) is 5.33. The lowest BCUT2D eigenvalue weighted by molar-refractivity contribution is -0.132. The third-order valence-corrected chi connectivity index (χ3v) is 6.82. The second kappa shape index (κ2) is 10.8. The highest BCUT2D eigenvalue weighted by Crippen LogP contribution is 2.26. The standard InChI is InChI=1S/C25H26ClNO5S/c1-18-8-14-23(15-9-18)33(30,31)32-22-12-10-21(11-13-22)24(28)17-27(25(29)16-26)19(2)20-6-4-3-5-7-20/h3-15,19,24,28H,16-17H2,1-2H3/t19-,24+/m0/s1. The van der Waals surface area contributed by atoms with Crippen LogP contribution in [0.15, 0.2) is 83.8 Å². The minimum Gasteiger partial charge on any atom is -0.387 e. The Bertz CT molecular complexity index is 1170. The molecule has 0 spiro atoms. The van der Waals surface area contributed by atoms with Crippen LogP contribution in [0, 0.1) is 6.92 Å². The lowest BCUT2D eigenvalue weighted by Crippen LogP contribution is -2.37. The first kappa shape index (κ1) is 24.8. The number of amides is 1. The number of benzene rings is 3. The maximum Gasteiger partial charge on any atom is 0.339 e. The van der Waals surface area contributed by atoms with Crippen LogP contribution < -0.4 is 4.18 Å². The van der Waals surface area contributed by atoms with Gasteiger partial charge in [-0.25, -0.2) is 0 Å². The number of aryl methyl sites for hydroxylation is 1. The van der Waals surface area contributed by atoms with Gasteiger partial charge in [0.25, 0.3) is 0 Å². The average Bonchev–Trinajstić information content (AvgIpc) is 2.82. The van der Waals surface area contributed by atoms with Crippen LogP contribution in [-0.4, -0.2) is 36.8 Å². The number of aliphatic hydroxyl groups is 1. The molecule has 0 aliphatic carbocycles. The molecule has 2 atom stereocenters. The summed E-state index contributed by atoms with van der Waals surface area (Å²) in [5, 5.41) is 10.8. The smallest absolute Gasteiger partial charge is 0.339 e. The van der Waals surface area contributed by atoms with Crippen molar-refractivity contribution in [3.8, 4) is 5.75 Å². The molecule has 1 N–H and O–H groups in total. The van der Waals surface area contributed by atoms with Crippen molar-refractivity contribution in [2.24, 2.45) is 0 Å². The molecule has 0 aliphatic rings. The van der Waals surface area contributed by atoms with E-state index in [0.717, 1.165) is 11.1 Å². The summed E-state index contributed by atoms with van der Waals surface area (Å²) in [5.41, 5.74) is 2.38.